The number of aliphatic hydroxyl groups is 1. The molecule has 0 radical (unpaired) electrons. The van der Waals surface area contributed by atoms with E-state index in [1.807, 2.05) is 0 Å². The van der Waals surface area contributed by atoms with E-state index in [4.69, 9.17) is 11.6 Å². The van der Waals surface area contributed by atoms with Crippen LogP contribution in [0.25, 0.3) is 10.9 Å². The van der Waals surface area contributed by atoms with Crippen molar-refractivity contribution in [3.63, 3.8) is 0 Å². The van der Waals surface area contributed by atoms with Crippen LogP contribution in [0.3, 0.4) is 0 Å². The number of likely N-dealkylation sites (tertiary alicyclic amines) is 1. The molecular weight excluding hydrogens is 576 g/mol. The standard InChI is InChI=1S/C22H22BrClF4N4O2S/c1-35-20-29-17-12(15(25)14(24)13(23)16(17)26)18(30-20)32-9-21(4-2-3-10(32)6-33)7-31(8-21)19(34)11-5-22(11,27)28/h10-11,33H,2-9H2,1H3. The summed E-state index contributed by atoms with van der Waals surface area (Å²) in [6.07, 6.45) is 3.26. The van der Waals surface area contributed by atoms with Crippen LogP contribution in [0.1, 0.15) is 25.7 Å². The van der Waals surface area contributed by atoms with Gasteiger partial charge in [-0.05, 0) is 35.0 Å². The minimum absolute atomic E-state index is 0.115. The Morgan fingerprint density at radius 3 is 2.54 bits per heavy atom. The van der Waals surface area contributed by atoms with Crippen molar-refractivity contribution in [2.24, 2.45) is 11.3 Å². The molecule has 1 N–H and O–H groups in total. The van der Waals surface area contributed by atoms with Crippen molar-refractivity contribution in [3.05, 3.63) is 21.1 Å². The smallest absolute Gasteiger partial charge is 0.260 e. The quantitative estimate of drug-likeness (QED) is 0.178. The number of rotatable bonds is 4. The Bertz CT molecular complexity index is 1220. The fourth-order valence-corrected chi connectivity index (χ4v) is 6.15. The van der Waals surface area contributed by atoms with E-state index in [2.05, 4.69) is 25.9 Å². The molecule has 1 saturated carbocycles. The van der Waals surface area contributed by atoms with E-state index >= 15 is 8.78 Å². The van der Waals surface area contributed by atoms with Gasteiger partial charge in [-0.25, -0.2) is 27.5 Å². The molecule has 2 aliphatic heterocycles. The van der Waals surface area contributed by atoms with Gasteiger partial charge in [0.1, 0.15) is 17.3 Å². The van der Waals surface area contributed by atoms with Crippen LogP contribution in [0, 0.1) is 23.0 Å². The third-order valence-corrected chi connectivity index (χ3v) is 9.10. The van der Waals surface area contributed by atoms with Gasteiger partial charge in [-0.3, -0.25) is 4.79 Å². The van der Waals surface area contributed by atoms with Crippen molar-refractivity contribution in [1.29, 1.82) is 0 Å². The molecule has 1 amide bonds. The minimum Gasteiger partial charge on any atom is -0.394 e. The van der Waals surface area contributed by atoms with Crippen LogP contribution < -0.4 is 4.90 Å². The first-order valence-corrected chi connectivity index (χ1v) is 13.5. The van der Waals surface area contributed by atoms with E-state index in [0.717, 1.165) is 11.8 Å². The average Bonchev–Trinajstić information content (AvgIpc) is 3.51. The third-order valence-electron chi connectivity index (χ3n) is 7.22. The van der Waals surface area contributed by atoms with Crippen LogP contribution in [0.4, 0.5) is 23.4 Å². The van der Waals surface area contributed by atoms with Crippen molar-refractivity contribution < 1.29 is 27.5 Å². The number of fused-ring (bicyclic) bond motifs is 1. The van der Waals surface area contributed by atoms with E-state index in [1.54, 1.807) is 11.2 Å². The van der Waals surface area contributed by atoms with Crippen molar-refractivity contribution in [3.8, 4) is 0 Å². The van der Waals surface area contributed by atoms with Gasteiger partial charge in [0.05, 0.1) is 27.5 Å². The summed E-state index contributed by atoms with van der Waals surface area (Å²) < 4.78 is 57.1. The van der Waals surface area contributed by atoms with Crippen LogP contribution in [-0.2, 0) is 4.79 Å². The Kier molecular flexibility index (Phi) is 6.42. The van der Waals surface area contributed by atoms with Crippen molar-refractivity contribution in [2.75, 3.05) is 37.4 Å². The summed E-state index contributed by atoms with van der Waals surface area (Å²) in [4.78, 5) is 24.3. The highest BCUT2D eigenvalue weighted by Gasteiger charge is 2.64. The molecular formula is C22H22BrClF4N4O2S. The highest BCUT2D eigenvalue weighted by atomic mass is 79.9. The van der Waals surface area contributed by atoms with E-state index in [-0.39, 0.29) is 52.6 Å². The molecule has 13 heteroatoms. The number of amides is 1. The van der Waals surface area contributed by atoms with Crippen LogP contribution in [-0.4, -0.2) is 70.3 Å². The molecule has 0 bridgehead atoms. The molecule has 1 aromatic carbocycles. The lowest BCUT2D eigenvalue weighted by atomic mass is 9.75. The first-order chi connectivity index (χ1) is 16.5. The summed E-state index contributed by atoms with van der Waals surface area (Å²) in [5.41, 5.74) is -0.668. The molecule has 1 aromatic heterocycles. The van der Waals surface area contributed by atoms with Gasteiger partial charge < -0.3 is 14.9 Å². The summed E-state index contributed by atoms with van der Waals surface area (Å²) >= 11 is 10.2. The summed E-state index contributed by atoms with van der Waals surface area (Å²) in [6, 6.07) is -0.440. The lowest BCUT2D eigenvalue weighted by Crippen LogP contribution is -2.63. The van der Waals surface area contributed by atoms with Crippen molar-refractivity contribution in [1.82, 2.24) is 14.9 Å². The number of halogens is 6. The number of aromatic nitrogens is 2. The number of aliphatic hydroxyl groups excluding tert-OH is 1. The Morgan fingerprint density at radius 1 is 1.26 bits per heavy atom. The summed E-state index contributed by atoms with van der Waals surface area (Å²) in [6.45, 7) is 0.614. The van der Waals surface area contributed by atoms with E-state index in [1.165, 1.54) is 4.90 Å². The van der Waals surface area contributed by atoms with Gasteiger partial charge in [0.15, 0.2) is 16.8 Å². The molecule has 5 rings (SSSR count). The topological polar surface area (TPSA) is 69.6 Å². The summed E-state index contributed by atoms with van der Waals surface area (Å²) in [5, 5.41) is 9.76. The van der Waals surface area contributed by atoms with Gasteiger partial charge in [0.2, 0.25) is 5.91 Å². The van der Waals surface area contributed by atoms with E-state index in [0.29, 0.717) is 19.3 Å². The number of hydrogen-bond donors (Lipinski definition) is 1. The van der Waals surface area contributed by atoms with Crippen molar-refractivity contribution >= 4 is 61.9 Å². The van der Waals surface area contributed by atoms with E-state index in [9.17, 15) is 18.7 Å². The molecule has 3 aliphatic rings. The Morgan fingerprint density at radius 2 is 1.94 bits per heavy atom. The third kappa shape index (κ3) is 4.18. The van der Waals surface area contributed by atoms with Gasteiger partial charge in [0, 0.05) is 31.5 Å². The number of carbonyl (C=O) groups excluding carboxylic acids is 1. The van der Waals surface area contributed by atoms with Gasteiger partial charge in [-0.1, -0.05) is 29.8 Å². The molecule has 2 unspecified atom stereocenters. The number of anilines is 1. The zero-order valence-corrected chi connectivity index (χ0v) is 21.8. The molecule has 3 heterocycles. The second-order valence-electron chi connectivity index (χ2n) is 9.58. The lowest BCUT2D eigenvalue weighted by Gasteiger charge is -2.52. The van der Waals surface area contributed by atoms with Crippen molar-refractivity contribution in [2.45, 2.75) is 42.8 Å². The second-order valence-corrected chi connectivity index (χ2v) is 11.5. The summed E-state index contributed by atoms with van der Waals surface area (Å²) in [7, 11) is 0. The lowest BCUT2D eigenvalue weighted by molar-refractivity contribution is -0.147. The monoisotopic (exact) mass is 596 g/mol. The number of benzene rings is 1. The predicted octanol–water partition coefficient (Wildman–Crippen LogP) is 4.88. The molecule has 3 fully saturated rings. The maximum Gasteiger partial charge on any atom is 0.260 e. The van der Waals surface area contributed by atoms with Gasteiger partial charge in [0.25, 0.3) is 5.92 Å². The minimum atomic E-state index is -2.93. The maximum absolute atomic E-state index is 15.4. The van der Waals surface area contributed by atoms with Crippen LogP contribution in [0.15, 0.2) is 9.63 Å². The maximum atomic E-state index is 15.4. The molecule has 2 saturated heterocycles. The first kappa shape index (κ1) is 25.3. The molecule has 2 aromatic rings. The van der Waals surface area contributed by atoms with Crippen LogP contribution >= 0.6 is 39.3 Å². The predicted molar refractivity (Wildman–Crippen MR) is 128 cm³/mol. The van der Waals surface area contributed by atoms with Crippen LogP contribution in [0.5, 0.6) is 0 Å². The van der Waals surface area contributed by atoms with Gasteiger partial charge in [-0.2, -0.15) is 0 Å². The first-order valence-electron chi connectivity index (χ1n) is 11.1. The second kappa shape index (κ2) is 8.88. The number of thioether (sulfide) groups is 1. The molecule has 1 aliphatic carbocycles. The SMILES string of the molecule is CSc1nc(N2CC3(CCCC2CO)CN(C(=O)C2CC2(F)F)C3)c2c(F)c(Cl)c(Br)c(F)c2n1. The van der Waals surface area contributed by atoms with E-state index < -0.39 is 52.3 Å². The normalized spacial score (nSPS) is 25.0. The number of carbonyl (C=O) groups is 1. The highest BCUT2D eigenvalue weighted by Crippen LogP contribution is 2.52. The van der Waals surface area contributed by atoms with Gasteiger partial charge >= 0.3 is 0 Å². The number of nitrogens with zero attached hydrogens (tertiary/aromatic N) is 4. The molecule has 2 atom stereocenters. The zero-order chi connectivity index (χ0) is 25.3. The number of hydrogen-bond acceptors (Lipinski definition) is 6. The fourth-order valence-electron chi connectivity index (χ4n) is 5.25. The molecule has 6 nitrogen and oxygen atoms in total. The van der Waals surface area contributed by atoms with Crippen LogP contribution in [0.2, 0.25) is 5.02 Å². The Labute approximate surface area is 216 Å². The zero-order valence-electron chi connectivity index (χ0n) is 18.6. The molecule has 1 spiro atoms. The summed E-state index contributed by atoms with van der Waals surface area (Å²) in [5.74, 6) is -6.31. The molecule has 35 heavy (non-hydrogen) atoms. The molecule has 190 valence electrons. The van der Waals surface area contributed by atoms with Gasteiger partial charge in [-0.15, -0.1) is 0 Å². The highest BCUT2D eigenvalue weighted by molar-refractivity contribution is 9.10. The largest absolute Gasteiger partial charge is 0.394 e. The Balaban J connectivity index is 1.55. The Hall–Kier alpha value is -1.37. The fraction of sp³-hybridized carbons (Fsp3) is 0.591. The number of alkyl halides is 2. The average molecular weight is 598 g/mol.